The Hall–Kier alpha value is -2.04. The fourth-order valence-electron chi connectivity index (χ4n) is 3.48. The molecule has 1 aliphatic carbocycles. The van der Waals surface area contributed by atoms with Crippen LogP contribution < -0.4 is 10.0 Å². The van der Waals surface area contributed by atoms with Gasteiger partial charge in [0, 0.05) is 23.2 Å². The number of hydrogen-bond acceptors (Lipinski definition) is 7. The normalized spacial score (nSPS) is 20.9. The molecule has 1 aliphatic rings. The standard InChI is InChI=1S/C19H26N4O4S2/c1-12-4-6-15(7-5-12)22-29(26,27)16-8-9-17(18(10-16)23(24)25)21-14(3)19-20-11-13(2)28-19/h8-12,14-15,21-22H,4-7H2,1-3H3. The molecule has 1 heterocycles. The van der Waals surface area contributed by atoms with Crippen LogP contribution in [0.15, 0.2) is 29.3 Å². The summed E-state index contributed by atoms with van der Waals surface area (Å²) in [6.07, 6.45) is 5.27. The number of benzene rings is 1. The second-order valence-corrected chi connectivity index (χ2v) is 10.7. The van der Waals surface area contributed by atoms with Gasteiger partial charge in [-0.1, -0.05) is 6.92 Å². The Kier molecular flexibility index (Phi) is 6.55. The van der Waals surface area contributed by atoms with Crippen LogP contribution in [0.1, 0.15) is 55.5 Å². The largest absolute Gasteiger partial charge is 0.371 e. The van der Waals surface area contributed by atoms with E-state index in [9.17, 15) is 18.5 Å². The molecule has 2 N–H and O–H groups in total. The lowest BCUT2D eigenvalue weighted by atomic mass is 9.88. The summed E-state index contributed by atoms with van der Waals surface area (Å²) in [7, 11) is -3.82. The summed E-state index contributed by atoms with van der Waals surface area (Å²) in [5.74, 6) is 0.603. The molecule has 29 heavy (non-hydrogen) atoms. The molecule has 1 saturated carbocycles. The molecule has 1 unspecified atom stereocenters. The van der Waals surface area contributed by atoms with Crippen molar-refractivity contribution in [3.63, 3.8) is 0 Å². The van der Waals surface area contributed by atoms with E-state index in [1.165, 1.54) is 23.5 Å². The SMILES string of the molecule is Cc1cnc(C(C)Nc2ccc(S(=O)(=O)NC3CCC(C)CC3)cc2[N+](=O)[O-])s1. The number of nitro groups is 1. The van der Waals surface area contributed by atoms with Crippen molar-refractivity contribution in [3.8, 4) is 0 Å². The van der Waals surface area contributed by atoms with Crippen molar-refractivity contribution >= 4 is 32.7 Å². The molecule has 2 aromatic rings. The highest BCUT2D eigenvalue weighted by molar-refractivity contribution is 7.89. The molecule has 0 amide bonds. The Bertz CT molecular complexity index is 982. The van der Waals surface area contributed by atoms with E-state index in [4.69, 9.17) is 0 Å². The van der Waals surface area contributed by atoms with E-state index in [-0.39, 0.29) is 28.4 Å². The van der Waals surface area contributed by atoms with Gasteiger partial charge in [0.05, 0.1) is 15.9 Å². The average Bonchev–Trinajstić information content (AvgIpc) is 3.10. The molecular formula is C19H26N4O4S2. The molecule has 0 spiro atoms. The van der Waals surface area contributed by atoms with Crippen molar-refractivity contribution in [3.05, 3.63) is 44.4 Å². The molecule has 10 heteroatoms. The van der Waals surface area contributed by atoms with Gasteiger partial charge in [-0.05, 0) is 57.6 Å². The predicted molar refractivity (Wildman–Crippen MR) is 114 cm³/mol. The predicted octanol–water partition coefficient (Wildman–Crippen LogP) is 4.39. The van der Waals surface area contributed by atoms with Crippen molar-refractivity contribution < 1.29 is 13.3 Å². The van der Waals surface area contributed by atoms with Crippen LogP contribution in [0.25, 0.3) is 0 Å². The summed E-state index contributed by atoms with van der Waals surface area (Å²) in [5, 5.41) is 15.5. The topological polar surface area (TPSA) is 114 Å². The van der Waals surface area contributed by atoms with Crippen LogP contribution in [0.3, 0.4) is 0 Å². The maximum Gasteiger partial charge on any atom is 0.293 e. The van der Waals surface area contributed by atoms with E-state index < -0.39 is 14.9 Å². The Morgan fingerprint density at radius 2 is 1.97 bits per heavy atom. The van der Waals surface area contributed by atoms with Gasteiger partial charge in [-0.3, -0.25) is 10.1 Å². The van der Waals surface area contributed by atoms with Gasteiger partial charge in [0.25, 0.3) is 5.69 Å². The minimum absolute atomic E-state index is 0.0916. The molecule has 158 valence electrons. The third kappa shape index (κ3) is 5.31. The Morgan fingerprint density at radius 3 is 2.55 bits per heavy atom. The van der Waals surface area contributed by atoms with Gasteiger partial charge in [-0.15, -0.1) is 11.3 Å². The van der Waals surface area contributed by atoms with Gasteiger partial charge in [0.1, 0.15) is 10.7 Å². The summed E-state index contributed by atoms with van der Waals surface area (Å²) in [5.41, 5.74) is -0.00827. The van der Waals surface area contributed by atoms with Gasteiger partial charge in [0.2, 0.25) is 10.0 Å². The van der Waals surface area contributed by atoms with Crippen LogP contribution in [0.5, 0.6) is 0 Å². The van der Waals surface area contributed by atoms with E-state index in [1.54, 1.807) is 6.20 Å². The zero-order valence-corrected chi connectivity index (χ0v) is 18.3. The number of hydrogen-bond donors (Lipinski definition) is 2. The first-order valence-corrected chi connectivity index (χ1v) is 12.0. The van der Waals surface area contributed by atoms with Crippen LogP contribution >= 0.6 is 11.3 Å². The molecule has 8 nitrogen and oxygen atoms in total. The van der Waals surface area contributed by atoms with Crippen LogP contribution in [0.2, 0.25) is 0 Å². The van der Waals surface area contributed by atoms with Crippen LogP contribution in [-0.4, -0.2) is 24.4 Å². The summed E-state index contributed by atoms with van der Waals surface area (Å²) in [4.78, 5) is 16.3. The number of nitrogens with zero attached hydrogens (tertiary/aromatic N) is 2. The third-order valence-electron chi connectivity index (χ3n) is 5.20. The first-order chi connectivity index (χ1) is 13.7. The maximum absolute atomic E-state index is 12.8. The molecule has 0 bridgehead atoms. The van der Waals surface area contributed by atoms with Crippen molar-refractivity contribution in [2.75, 3.05) is 5.32 Å². The lowest BCUT2D eigenvalue weighted by Gasteiger charge is -2.26. The van der Waals surface area contributed by atoms with Crippen LogP contribution in [0.4, 0.5) is 11.4 Å². The fourth-order valence-corrected chi connectivity index (χ4v) is 5.59. The third-order valence-corrected chi connectivity index (χ3v) is 7.81. The maximum atomic E-state index is 12.8. The first kappa shape index (κ1) is 21.7. The molecule has 1 aromatic heterocycles. The number of rotatable bonds is 7. The van der Waals surface area contributed by atoms with Gasteiger partial charge in [-0.25, -0.2) is 18.1 Å². The fraction of sp³-hybridized carbons (Fsp3) is 0.526. The molecule has 1 aromatic carbocycles. The van der Waals surface area contributed by atoms with Crippen molar-refractivity contribution in [2.45, 2.75) is 63.4 Å². The minimum atomic E-state index is -3.82. The molecular weight excluding hydrogens is 412 g/mol. The number of nitrogens with one attached hydrogen (secondary N) is 2. The summed E-state index contributed by atoms with van der Waals surface area (Å²) >= 11 is 1.51. The monoisotopic (exact) mass is 438 g/mol. The molecule has 3 rings (SSSR count). The van der Waals surface area contributed by atoms with Gasteiger partial charge in [-0.2, -0.15) is 0 Å². The zero-order valence-electron chi connectivity index (χ0n) is 16.7. The van der Waals surface area contributed by atoms with E-state index in [1.807, 2.05) is 13.8 Å². The number of aromatic nitrogens is 1. The molecule has 0 saturated heterocycles. The Morgan fingerprint density at radius 1 is 1.28 bits per heavy atom. The number of anilines is 1. The number of thiazole rings is 1. The molecule has 1 fully saturated rings. The highest BCUT2D eigenvalue weighted by Crippen LogP contribution is 2.32. The average molecular weight is 439 g/mol. The lowest BCUT2D eigenvalue weighted by molar-refractivity contribution is -0.384. The summed E-state index contributed by atoms with van der Waals surface area (Å²) < 4.78 is 28.2. The second kappa shape index (κ2) is 8.76. The van der Waals surface area contributed by atoms with Gasteiger partial charge < -0.3 is 5.32 Å². The molecule has 1 atom stereocenters. The van der Waals surface area contributed by atoms with Gasteiger partial charge in [0.15, 0.2) is 0 Å². The smallest absolute Gasteiger partial charge is 0.293 e. The van der Waals surface area contributed by atoms with E-state index >= 15 is 0 Å². The molecule has 0 aliphatic heterocycles. The minimum Gasteiger partial charge on any atom is -0.371 e. The van der Waals surface area contributed by atoms with Crippen molar-refractivity contribution in [1.29, 1.82) is 0 Å². The van der Waals surface area contributed by atoms with Crippen LogP contribution in [0, 0.1) is 23.0 Å². The lowest BCUT2D eigenvalue weighted by Crippen LogP contribution is -2.37. The van der Waals surface area contributed by atoms with Crippen molar-refractivity contribution in [1.82, 2.24) is 9.71 Å². The Labute approximate surface area is 175 Å². The quantitative estimate of drug-likeness (QED) is 0.489. The first-order valence-electron chi connectivity index (χ1n) is 9.65. The molecule has 0 radical (unpaired) electrons. The van der Waals surface area contributed by atoms with E-state index in [0.717, 1.165) is 41.6 Å². The highest BCUT2D eigenvalue weighted by atomic mass is 32.2. The highest BCUT2D eigenvalue weighted by Gasteiger charge is 2.27. The summed E-state index contributed by atoms with van der Waals surface area (Å²) in [6, 6.07) is 3.62. The Balaban J connectivity index is 1.80. The van der Waals surface area contributed by atoms with Crippen molar-refractivity contribution in [2.24, 2.45) is 5.92 Å². The second-order valence-electron chi connectivity index (χ2n) is 7.69. The van der Waals surface area contributed by atoms with Gasteiger partial charge >= 0.3 is 0 Å². The zero-order chi connectivity index (χ0) is 21.2. The van der Waals surface area contributed by atoms with E-state index in [2.05, 4.69) is 21.9 Å². The summed E-state index contributed by atoms with van der Waals surface area (Å²) in [6.45, 7) is 5.96. The number of aryl methyl sites for hydroxylation is 1. The number of nitro benzene ring substituents is 1. The van der Waals surface area contributed by atoms with Crippen LogP contribution in [-0.2, 0) is 10.0 Å². The van der Waals surface area contributed by atoms with E-state index in [0.29, 0.717) is 5.92 Å². The number of sulfonamides is 1.